The molecule has 0 bridgehead atoms. The molecule has 0 spiro atoms. The molecule has 1 aliphatic carbocycles. The molecule has 3 heterocycles. The lowest BCUT2D eigenvalue weighted by Crippen LogP contribution is -2.35. The molecule has 3 aromatic heterocycles. The van der Waals surface area contributed by atoms with E-state index in [1.54, 1.807) is 10.9 Å². The van der Waals surface area contributed by atoms with Gasteiger partial charge in [-0.05, 0) is 72.5 Å². The summed E-state index contributed by atoms with van der Waals surface area (Å²) in [5.41, 5.74) is 3.97. The van der Waals surface area contributed by atoms with Crippen LogP contribution in [0.2, 0.25) is 0 Å². The SMILES string of the molecule is Cc1cc(C)c2cc(CN(Cc3nnnn3Cc3ccco3)C3CCCC3)c(=O)[nH]c2c1. The first-order chi connectivity index (χ1) is 15.6. The fourth-order valence-corrected chi connectivity index (χ4v) is 4.83. The Morgan fingerprint density at radius 1 is 1.19 bits per heavy atom. The lowest BCUT2D eigenvalue weighted by atomic mass is 10.0. The lowest BCUT2D eigenvalue weighted by molar-refractivity contribution is 0.172. The molecule has 0 aliphatic heterocycles. The van der Waals surface area contributed by atoms with Crippen LogP contribution in [0.1, 0.15) is 54.0 Å². The van der Waals surface area contributed by atoms with Crippen molar-refractivity contribution in [2.45, 2.75) is 65.2 Å². The standard InChI is InChI=1S/C24H28N6O2/c1-16-10-17(2)21-12-18(24(31)25-22(21)11-16)13-29(19-6-3-4-7-19)15-23-26-27-28-30(23)14-20-8-5-9-32-20/h5,8-12,19H,3-4,6-7,13-15H2,1-2H3,(H,25,31). The summed E-state index contributed by atoms with van der Waals surface area (Å²) >= 11 is 0. The fraction of sp³-hybridized carbons (Fsp3) is 0.417. The second-order valence-electron chi connectivity index (χ2n) is 8.84. The van der Waals surface area contributed by atoms with E-state index in [4.69, 9.17) is 4.42 Å². The van der Waals surface area contributed by atoms with Gasteiger partial charge in [0.1, 0.15) is 12.3 Å². The molecule has 8 heteroatoms. The minimum atomic E-state index is -0.0272. The molecule has 1 fully saturated rings. The number of aryl methyl sites for hydroxylation is 2. The smallest absolute Gasteiger partial charge is 0.252 e. The van der Waals surface area contributed by atoms with Crippen molar-refractivity contribution in [3.63, 3.8) is 0 Å². The summed E-state index contributed by atoms with van der Waals surface area (Å²) in [6.07, 6.45) is 6.34. The second-order valence-corrected chi connectivity index (χ2v) is 8.84. The Hall–Kier alpha value is -3.26. The van der Waals surface area contributed by atoms with E-state index in [2.05, 4.69) is 44.5 Å². The fourth-order valence-electron chi connectivity index (χ4n) is 4.83. The Morgan fingerprint density at radius 3 is 2.81 bits per heavy atom. The van der Waals surface area contributed by atoms with Crippen LogP contribution in [0.3, 0.4) is 0 Å². The maximum Gasteiger partial charge on any atom is 0.252 e. The average molecular weight is 433 g/mol. The first-order valence-electron chi connectivity index (χ1n) is 11.2. The molecule has 0 unspecified atom stereocenters. The van der Waals surface area contributed by atoms with Gasteiger partial charge in [-0.1, -0.05) is 18.9 Å². The Labute approximate surface area is 186 Å². The van der Waals surface area contributed by atoms with Crippen LogP contribution in [0.15, 0.2) is 45.8 Å². The van der Waals surface area contributed by atoms with E-state index in [-0.39, 0.29) is 5.56 Å². The highest BCUT2D eigenvalue weighted by Crippen LogP contribution is 2.27. The van der Waals surface area contributed by atoms with Crippen molar-refractivity contribution in [2.24, 2.45) is 0 Å². The van der Waals surface area contributed by atoms with E-state index in [1.807, 2.05) is 25.1 Å². The Balaban J connectivity index is 1.44. The molecule has 0 amide bonds. The zero-order valence-corrected chi connectivity index (χ0v) is 18.5. The number of rotatable bonds is 7. The van der Waals surface area contributed by atoms with Gasteiger partial charge in [0.25, 0.3) is 5.56 Å². The first kappa shape index (κ1) is 20.6. The van der Waals surface area contributed by atoms with Crippen molar-refractivity contribution in [1.82, 2.24) is 30.1 Å². The summed E-state index contributed by atoms with van der Waals surface area (Å²) in [5, 5.41) is 13.4. The molecule has 4 aromatic rings. The monoisotopic (exact) mass is 432 g/mol. The van der Waals surface area contributed by atoms with E-state index in [0.29, 0.717) is 25.7 Å². The Morgan fingerprint density at radius 2 is 2.03 bits per heavy atom. The van der Waals surface area contributed by atoms with Gasteiger partial charge in [0, 0.05) is 29.1 Å². The van der Waals surface area contributed by atoms with Gasteiger partial charge in [-0.15, -0.1) is 5.10 Å². The largest absolute Gasteiger partial charge is 0.467 e. The number of fused-ring (bicyclic) bond motifs is 1. The number of furan rings is 1. The Kier molecular flexibility index (Phi) is 5.61. The predicted molar refractivity (Wildman–Crippen MR) is 121 cm³/mol. The molecule has 0 saturated heterocycles. The summed E-state index contributed by atoms with van der Waals surface area (Å²) < 4.78 is 7.24. The van der Waals surface area contributed by atoms with Crippen molar-refractivity contribution in [3.05, 3.63) is 75.2 Å². The van der Waals surface area contributed by atoms with Crippen LogP contribution in [-0.4, -0.2) is 36.1 Å². The molecule has 1 saturated carbocycles. The number of hydrogen-bond acceptors (Lipinski definition) is 6. The van der Waals surface area contributed by atoms with Crippen LogP contribution in [0.4, 0.5) is 0 Å². The van der Waals surface area contributed by atoms with Crippen molar-refractivity contribution < 1.29 is 4.42 Å². The maximum atomic E-state index is 12.9. The number of tetrazole rings is 1. The number of hydrogen-bond donors (Lipinski definition) is 1. The molecular formula is C24H28N6O2. The van der Waals surface area contributed by atoms with E-state index < -0.39 is 0 Å². The third kappa shape index (κ3) is 4.23. The third-order valence-corrected chi connectivity index (χ3v) is 6.44. The van der Waals surface area contributed by atoms with Gasteiger partial charge >= 0.3 is 0 Å². The summed E-state index contributed by atoms with van der Waals surface area (Å²) in [7, 11) is 0. The number of H-pyrrole nitrogens is 1. The van der Waals surface area contributed by atoms with Crippen LogP contribution in [-0.2, 0) is 19.6 Å². The highest BCUT2D eigenvalue weighted by molar-refractivity contribution is 5.83. The van der Waals surface area contributed by atoms with Crippen LogP contribution in [0, 0.1) is 13.8 Å². The normalized spacial score (nSPS) is 14.7. The quantitative estimate of drug-likeness (QED) is 0.478. The van der Waals surface area contributed by atoms with Gasteiger partial charge in [-0.25, -0.2) is 4.68 Å². The Bertz CT molecular complexity index is 1270. The number of nitrogens with zero attached hydrogens (tertiary/aromatic N) is 5. The number of pyridine rings is 1. The topological polar surface area (TPSA) is 92.8 Å². The number of benzene rings is 1. The van der Waals surface area contributed by atoms with Gasteiger partial charge in [0.05, 0.1) is 12.8 Å². The van der Waals surface area contributed by atoms with Gasteiger partial charge < -0.3 is 9.40 Å². The van der Waals surface area contributed by atoms with E-state index >= 15 is 0 Å². The lowest BCUT2D eigenvalue weighted by Gasteiger charge is -2.28. The maximum absolute atomic E-state index is 12.9. The van der Waals surface area contributed by atoms with Gasteiger partial charge in [0.2, 0.25) is 0 Å². The van der Waals surface area contributed by atoms with E-state index in [9.17, 15) is 4.79 Å². The third-order valence-electron chi connectivity index (χ3n) is 6.44. The molecule has 32 heavy (non-hydrogen) atoms. The number of aromatic amines is 1. The minimum Gasteiger partial charge on any atom is -0.467 e. The van der Waals surface area contributed by atoms with Crippen molar-refractivity contribution in [2.75, 3.05) is 0 Å². The van der Waals surface area contributed by atoms with Crippen molar-refractivity contribution in [3.8, 4) is 0 Å². The highest BCUT2D eigenvalue weighted by Gasteiger charge is 2.26. The molecule has 8 nitrogen and oxygen atoms in total. The first-order valence-corrected chi connectivity index (χ1v) is 11.2. The summed E-state index contributed by atoms with van der Waals surface area (Å²) in [4.78, 5) is 18.4. The van der Waals surface area contributed by atoms with E-state index in [1.165, 1.54) is 18.4 Å². The zero-order chi connectivity index (χ0) is 22.1. The van der Waals surface area contributed by atoms with Gasteiger partial charge in [-0.3, -0.25) is 9.69 Å². The zero-order valence-electron chi connectivity index (χ0n) is 18.5. The summed E-state index contributed by atoms with van der Waals surface area (Å²) in [6, 6.07) is 10.4. The second kappa shape index (κ2) is 8.70. The molecule has 5 rings (SSSR count). The highest BCUT2D eigenvalue weighted by atomic mass is 16.3. The van der Waals surface area contributed by atoms with Crippen LogP contribution in [0.25, 0.3) is 10.9 Å². The van der Waals surface area contributed by atoms with Crippen LogP contribution < -0.4 is 5.56 Å². The molecule has 166 valence electrons. The molecule has 1 aliphatic rings. The molecule has 0 radical (unpaired) electrons. The molecule has 0 atom stereocenters. The molecule has 1 aromatic carbocycles. The van der Waals surface area contributed by atoms with Gasteiger partial charge in [0.15, 0.2) is 5.82 Å². The van der Waals surface area contributed by atoms with Gasteiger partial charge in [-0.2, -0.15) is 0 Å². The molecule has 1 N–H and O–H groups in total. The van der Waals surface area contributed by atoms with E-state index in [0.717, 1.165) is 46.5 Å². The van der Waals surface area contributed by atoms with Crippen molar-refractivity contribution >= 4 is 10.9 Å². The number of aromatic nitrogens is 5. The summed E-state index contributed by atoms with van der Waals surface area (Å²) in [5.74, 6) is 1.58. The van der Waals surface area contributed by atoms with Crippen molar-refractivity contribution in [1.29, 1.82) is 0 Å². The number of nitrogens with one attached hydrogen (secondary N) is 1. The summed E-state index contributed by atoms with van der Waals surface area (Å²) in [6.45, 7) is 5.78. The van der Waals surface area contributed by atoms with Crippen LogP contribution >= 0.6 is 0 Å². The van der Waals surface area contributed by atoms with Crippen LogP contribution in [0.5, 0.6) is 0 Å². The predicted octanol–water partition coefficient (Wildman–Crippen LogP) is 3.72. The molecular weight excluding hydrogens is 404 g/mol. The average Bonchev–Trinajstić information content (AvgIpc) is 3.52. The minimum absolute atomic E-state index is 0.0272.